The minimum atomic E-state index is -0.844. The number of nitrogens with one attached hydrogen (secondary N) is 1. The summed E-state index contributed by atoms with van der Waals surface area (Å²) in [5, 5.41) is 2.20. The number of anilines is 1. The molecule has 0 atom stereocenters. The van der Waals surface area contributed by atoms with Crippen LogP contribution in [0.15, 0.2) is 36.4 Å². The van der Waals surface area contributed by atoms with E-state index in [1.54, 1.807) is 18.0 Å². The minimum Gasteiger partial charge on any atom is -0.494 e. The summed E-state index contributed by atoms with van der Waals surface area (Å²) in [5.74, 6) is -2.63. The Labute approximate surface area is 137 Å². The number of carbonyl (C=O) groups is 1. The normalized spacial score (nSPS) is 10.8. The topological polar surface area (TPSA) is 41.6 Å². The van der Waals surface area contributed by atoms with E-state index in [0.717, 1.165) is 12.1 Å². The number of likely N-dealkylation sites (N-methyl/N-ethyl adjacent to an activating group) is 1. The molecule has 0 aliphatic heterocycles. The van der Waals surface area contributed by atoms with Crippen LogP contribution in [-0.4, -0.2) is 31.5 Å². The Balaban J connectivity index is 1.95. The lowest BCUT2D eigenvalue weighted by molar-refractivity contribution is -0.117. The van der Waals surface area contributed by atoms with Crippen LogP contribution in [0.5, 0.6) is 5.75 Å². The van der Waals surface area contributed by atoms with E-state index in [9.17, 15) is 18.0 Å². The number of hydrogen-bond acceptors (Lipinski definition) is 3. The third-order valence-electron chi connectivity index (χ3n) is 3.31. The number of halogens is 3. The number of rotatable bonds is 6. The van der Waals surface area contributed by atoms with Gasteiger partial charge in [-0.1, -0.05) is 12.1 Å². The lowest BCUT2D eigenvalue weighted by Gasteiger charge is -2.17. The zero-order valence-electron chi connectivity index (χ0n) is 13.3. The van der Waals surface area contributed by atoms with Crippen molar-refractivity contribution < 1.29 is 22.7 Å². The predicted octanol–water partition coefficient (Wildman–Crippen LogP) is 3.18. The van der Waals surface area contributed by atoms with Gasteiger partial charge in [-0.3, -0.25) is 9.69 Å². The Morgan fingerprint density at radius 2 is 1.79 bits per heavy atom. The molecule has 4 nitrogen and oxygen atoms in total. The van der Waals surface area contributed by atoms with Crippen LogP contribution in [0.25, 0.3) is 0 Å². The first-order valence-electron chi connectivity index (χ1n) is 7.15. The first-order valence-corrected chi connectivity index (χ1v) is 7.15. The zero-order valence-corrected chi connectivity index (χ0v) is 13.3. The van der Waals surface area contributed by atoms with Crippen LogP contribution in [-0.2, 0) is 11.3 Å². The highest BCUT2D eigenvalue weighted by atomic mass is 19.1. The Kier molecular flexibility index (Phi) is 5.81. The van der Waals surface area contributed by atoms with E-state index in [-0.39, 0.29) is 18.8 Å². The average Bonchev–Trinajstić information content (AvgIpc) is 2.51. The number of nitrogens with zero attached hydrogens (tertiary/aromatic N) is 1. The molecule has 7 heteroatoms. The van der Waals surface area contributed by atoms with Gasteiger partial charge in [0.1, 0.15) is 17.3 Å². The maximum atomic E-state index is 13.6. The minimum absolute atomic E-state index is 0.110. The van der Waals surface area contributed by atoms with Crippen LogP contribution in [0.3, 0.4) is 0 Å². The fraction of sp³-hybridized carbons (Fsp3) is 0.235. The van der Waals surface area contributed by atoms with E-state index in [1.165, 1.54) is 25.3 Å². The molecule has 2 rings (SSSR count). The van der Waals surface area contributed by atoms with E-state index in [4.69, 9.17) is 4.74 Å². The fourth-order valence-electron chi connectivity index (χ4n) is 2.22. The second-order valence-electron chi connectivity index (χ2n) is 5.29. The van der Waals surface area contributed by atoms with Crippen molar-refractivity contribution in [1.82, 2.24) is 4.90 Å². The van der Waals surface area contributed by atoms with Crippen molar-refractivity contribution >= 4 is 11.6 Å². The molecule has 0 saturated carbocycles. The number of benzene rings is 2. The molecule has 0 aliphatic rings. The molecule has 0 aromatic heterocycles. The predicted molar refractivity (Wildman–Crippen MR) is 84.3 cm³/mol. The summed E-state index contributed by atoms with van der Waals surface area (Å²) in [6, 6.07) is 7.81. The summed E-state index contributed by atoms with van der Waals surface area (Å²) in [6.07, 6.45) is 0. The van der Waals surface area contributed by atoms with E-state index >= 15 is 0 Å². The molecule has 2 aromatic rings. The van der Waals surface area contributed by atoms with Crippen molar-refractivity contribution in [1.29, 1.82) is 0 Å². The van der Waals surface area contributed by atoms with Crippen LogP contribution in [0.4, 0.5) is 18.9 Å². The summed E-state index contributed by atoms with van der Waals surface area (Å²) in [7, 11) is 3.01. The standard InChI is InChI=1S/C17H17F3N2O2/c1-22(9-11-6-7-15(24-2)14(20)8-11)10-16(23)21-17-12(18)4-3-5-13(17)19/h3-8H,9-10H2,1-2H3,(H,21,23). The van der Waals surface area contributed by atoms with Gasteiger partial charge in [-0.05, 0) is 36.9 Å². The monoisotopic (exact) mass is 338 g/mol. The van der Waals surface area contributed by atoms with E-state index in [2.05, 4.69) is 5.32 Å². The number of hydrogen-bond donors (Lipinski definition) is 1. The van der Waals surface area contributed by atoms with E-state index in [0.29, 0.717) is 5.56 Å². The molecule has 128 valence electrons. The Bertz CT molecular complexity index is 718. The Hall–Kier alpha value is -2.54. The third-order valence-corrected chi connectivity index (χ3v) is 3.31. The smallest absolute Gasteiger partial charge is 0.238 e. The molecule has 1 N–H and O–H groups in total. The zero-order chi connectivity index (χ0) is 17.7. The van der Waals surface area contributed by atoms with Crippen molar-refractivity contribution in [3.8, 4) is 5.75 Å². The highest BCUT2D eigenvalue weighted by Crippen LogP contribution is 2.19. The van der Waals surface area contributed by atoms with Gasteiger partial charge in [-0.2, -0.15) is 0 Å². The maximum Gasteiger partial charge on any atom is 0.238 e. The highest BCUT2D eigenvalue weighted by molar-refractivity contribution is 5.92. The second kappa shape index (κ2) is 7.83. The van der Waals surface area contributed by atoms with Gasteiger partial charge in [-0.15, -0.1) is 0 Å². The molecular formula is C17H17F3N2O2. The first kappa shape index (κ1) is 17.8. The van der Waals surface area contributed by atoms with Crippen molar-refractivity contribution in [3.63, 3.8) is 0 Å². The van der Waals surface area contributed by atoms with Crippen LogP contribution in [0, 0.1) is 17.5 Å². The van der Waals surface area contributed by atoms with Gasteiger partial charge in [0.05, 0.1) is 13.7 Å². The molecule has 0 fully saturated rings. The highest BCUT2D eigenvalue weighted by Gasteiger charge is 2.14. The lowest BCUT2D eigenvalue weighted by Crippen LogP contribution is -2.30. The van der Waals surface area contributed by atoms with Crippen molar-refractivity contribution in [2.75, 3.05) is 26.0 Å². The van der Waals surface area contributed by atoms with E-state index < -0.39 is 29.0 Å². The molecule has 0 radical (unpaired) electrons. The second-order valence-corrected chi connectivity index (χ2v) is 5.29. The van der Waals surface area contributed by atoms with Gasteiger partial charge in [-0.25, -0.2) is 13.2 Å². The SMILES string of the molecule is COc1ccc(CN(C)CC(=O)Nc2c(F)cccc2F)cc1F. The van der Waals surface area contributed by atoms with Gasteiger partial charge >= 0.3 is 0 Å². The number of amides is 1. The third kappa shape index (κ3) is 4.48. The van der Waals surface area contributed by atoms with Gasteiger partial charge in [0, 0.05) is 6.54 Å². The summed E-state index contributed by atoms with van der Waals surface area (Å²) < 4.78 is 45.4. The summed E-state index contributed by atoms with van der Waals surface area (Å²) >= 11 is 0. The number of para-hydroxylation sites is 1. The lowest BCUT2D eigenvalue weighted by atomic mass is 10.2. The van der Waals surface area contributed by atoms with Gasteiger partial charge in [0.25, 0.3) is 0 Å². The van der Waals surface area contributed by atoms with Crippen LogP contribution >= 0.6 is 0 Å². The summed E-state index contributed by atoms with van der Waals surface area (Å²) in [6.45, 7) is 0.176. The molecule has 24 heavy (non-hydrogen) atoms. The Morgan fingerprint density at radius 1 is 1.12 bits per heavy atom. The fourth-order valence-corrected chi connectivity index (χ4v) is 2.22. The first-order chi connectivity index (χ1) is 11.4. The molecular weight excluding hydrogens is 321 g/mol. The molecule has 0 aliphatic carbocycles. The molecule has 2 aromatic carbocycles. The van der Waals surface area contributed by atoms with Gasteiger partial charge in [0.2, 0.25) is 5.91 Å². The van der Waals surface area contributed by atoms with Crippen molar-refractivity contribution in [3.05, 3.63) is 59.4 Å². The van der Waals surface area contributed by atoms with E-state index in [1.807, 2.05) is 0 Å². The molecule has 0 heterocycles. The average molecular weight is 338 g/mol. The van der Waals surface area contributed by atoms with Crippen LogP contribution in [0.1, 0.15) is 5.56 Å². The number of ether oxygens (including phenoxy) is 1. The van der Waals surface area contributed by atoms with Crippen LogP contribution in [0.2, 0.25) is 0 Å². The molecule has 0 unspecified atom stereocenters. The number of methoxy groups -OCH3 is 1. The summed E-state index contributed by atoms with van der Waals surface area (Å²) in [5.41, 5.74) is 0.159. The van der Waals surface area contributed by atoms with Crippen molar-refractivity contribution in [2.24, 2.45) is 0 Å². The maximum absolute atomic E-state index is 13.6. The number of carbonyl (C=O) groups excluding carboxylic acids is 1. The molecule has 0 spiro atoms. The van der Waals surface area contributed by atoms with Crippen LogP contribution < -0.4 is 10.1 Å². The van der Waals surface area contributed by atoms with Gasteiger partial charge in [0.15, 0.2) is 11.6 Å². The van der Waals surface area contributed by atoms with Crippen molar-refractivity contribution in [2.45, 2.75) is 6.54 Å². The molecule has 1 amide bonds. The molecule has 0 bridgehead atoms. The quantitative estimate of drug-likeness (QED) is 0.880. The largest absolute Gasteiger partial charge is 0.494 e. The Morgan fingerprint density at radius 3 is 2.38 bits per heavy atom. The molecule has 0 saturated heterocycles. The van der Waals surface area contributed by atoms with Gasteiger partial charge < -0.3 is 10.1 Å². The summed E-state index contributed by atoms with van der Waals surface area (Å²) in [4.78, 5) is 13.5.